The van der Waals surface area contributed by atoms with Gasteiger partial charge in [0.05, 0.1) is 4.86 Å². The highest BCUT2D eigenvalue weighted by molar-refractivity contribution is 7.97. The van der Waals surface area contributed by atoms with Crippen LogP contribution in [0.5, 0.6) is 0 Å². The van der Waals surface area contributed by atoms with E-state index in [2.05, 4.69) is 6.92 Å². The minimum absolute atomic E-state index is 0.0555. The number of hydrogen-bond acceptors (Lipinski definition) is 2. The number of rotatable bonds is 2. The first-order valence-corrected chi connectivity index (χ1v) is 7.77. The van der Waals surface area contributed by atoms with E-state index in [1.54, 1.807) is 0 Å². The van der Waals surface area contributed by atoms with Crippen LogP contribution in [-0.2, 0) is 11.2 Å². The van der Waals surface area contributed by atoms with Gasteiger partial charge in [-0.2, -0.15) is 0 Å². The Morgan fingerprint density at radius 2 is 1.71 bits per heavy atom. The number of hydrogen-bond donors (Lipinski definition) is 0. The van der Waals surface area contributed by atoms with Crippen LogP contribution in [-0.4, -0.2) is 15.9 Å². The highest BCUT2D eigenvalue weighted by Crippen LogP contribution is 2.30. The highest BCUT2D eigenvalue weighted by atomic mass is 32.1. The van der Waals surface area contributed by atoms with Crippen molar-refractivity contribution in [1.82, 2.24) is 0 Å². The molecule has 2 aromatic rings. The summed E-state index contributed by atoms with van der Waals surface area (Å²) in [5.74, 6) is 0.0555. The summed E-state index contributed by atoms with van der Waals surface area (Å²) in [4.78, 5) is 24.6. The lowest BCUT2D eigenvalue weighted by Gasteiger charge is -2.22. The summed E-state index contributed by atoms with van der Waals surface area (Å²) in [7, 11) is 1.03. The molecule has 3 heteroatoms. The predicted octanol–water partition coefficient (Wildman–Crippen LogP) is 3.55. The molecule has 0 N–H and O–H groups in total. The smallest absolute Gasteiger partial charge is 0.194 e. The lowest BCUT2D eigenvalue weighted by Crippen LogP contribution is -2.22. The molecule has 21 heavy (non-hydrogen) atoms. The molecule has 0 saturated heterocycles. The van der Waals surface area contributed by atoms with Crippen molar-refractivity contribution in [3.63, 3.8) is 0 Å². The first-order valence-electron chi connectivity index (χ1n) is 6.95. The summed E-state index contributed by atoms with van der Waals surface area (Å²) in [6.07, 6.45) is 1.84. The third kappa shape index (κ3) is 2.21. The molecule has 1 aliphatic carbocycles. The van der Waals surface area contributed by atoms with Crippen LogP contribution in [0, 0.1) is 0 Å². The zero-order valence-electron chi connectivity index (χ0n) is 11.7. The van der Waals surface area contributed by atoms with Gasteiger partial charge in [-0.25, -0.2) is 4.79 Å². The molecule has 1 aliphatic rings. The normalized spacial score (nSPS) is 12.4. The van der Waals surface area contributed by atoms with Crippen LogP contribution >= 0.6 is 10.9 Å². The monoisotopic (exact) mass is 294 g/mol. The van der Waals surface area contributed by atoms with E-state index in [4.69, 9.17) is 0 Å². The van der Waals surface area contributed by atoms with Gasteiger partial charge < -0.3 is 0 Å². The molecule has 0 aliphatic heterocycles. The zero-order valence-corrected chi connectivity index (χ0v) is 12.5. The average Bonchev–Trinajstić information content (AvgIpc) is 2.52. The fraction of sp³-hybridized carbons (Fsp3) is 0.167. The third-order valence-corrected chi connectivity index (χ3v) is 4.43. The van der Waals surface area contributed by atoms with Crippen molar-refractivity contribution in [2.24, 2.45) is 0 Å². The second-order valence-electron chi connectivity index (χ2n) is 4.98. The second kappa shape index (κ2) is 5.65. The van der Waals surface area contributed by atoms with Gasteiger partial charge in [0.2, 0.25) is 0 Å². The number of ketones is 1. The fourth-order valence-corrected chi connectivity index (χ4v) is 3.50. The molecule has 0 unspecified atom stereocenters. The van der Waals surface area contributed by atoms with Crippen LogP contribution < -0.4 is 0 Å². The second-order valence-corrected chi connectivity index (χ2v) is 5.76. The van der Waals surface area contributed by atoms with Crippen LogP contribution in [0.3, 0.4) is 0 Å². The Morgan fingerprint density at radius 1 is 1.00 bits per heavy atom. The number of carbonyl (C=O) groups excluding carboxylic acids is 2. The van der Waals surface area contributed by atoms with Gasteiger partial charge in [0.1, 0.15) is 0 Å². The summed E-state index contributed by atoms with van der Waals surface area (Å²) in [6.45, 7) is 2.10. The van der Waals surface area contributed by atoms with E-state index in [0.717, 1.165) is 50.9 Å². The topological polar surface area (TPSA) is 34.1 Å². The molecule has 2 aromatic carbocycles. The van der Waals surface area contributed by atoms with Gasteiger partial charge >= 0.3 is 0 Å². The van der Waals surface area contributed by atoms with Gasteiger partial charge in [0.25, 0.3) is 0 Å². The van der Waals surface area contributed by atoms with E-state index in [-0.39, 0.29) is 5.78 Å². The van der Waals surface area contributed by atoms with Gasteiger partial charge in [-0.3, -0.25) is 4.79 Å². The zero-order chi connectivity index (χ0) is 14.8. The molecule has 2 nitrogen and oxygen atoms in total. The van der Waals surface area contributed by atoms with E-state index < -0.39 is 0 Å². The summed E-state index contributed by atoms with van der Waals surface area (Å²) < 4.78 is 0. The molecule has 3 rings (SSSR count). The first kappa shape index (κ1) is 13.7. The van der Waals surface area contributed by atoms with Crippen molar-refractivity contribution in [3.05, 3.63) is 70.3 Å². The lowest BCUT2D eigenvalue weighted by atomic mass is 9.82. The maximum absolute atomic E-state index is 12.8. The van der Waals surface area contributed by atoms with E-state index in [1.807, 2.05) is 47.7 Å². The van der Waals surface area contributed by atoms with Crippen molar-refractivity contribution >= 4 is 26.8 Å². The molecule has 0 heterocycles. The largest absolute Gasteiger partial charge is 0.289 e. The summed E-state index contributed by atoms with van der Waals surface area (Å²) in [5.41, 5.74) is 4.16. The molecular formula is C18H14O2S. The van der Waals surface area contributed by atoms with E-state index in [1.165, 1.54) is 0 Å². The van der Waals surface area contributed by atoms with Gasteiger partial charge in [-0.1, -0.05) is 55.8 Å². The van der Waals surface area contributed by atoms with Crippen molar-refractivity contribution in [3.8, 4) is 0 Å². The number of carbonyl (C=O) groups is 1. The van der Waals surface area contributed by atoms with E-state index in [0.29, 0.717) is 5.56 Å². The van der Waals surface area contributed by atoms with Gasteiger partial charge in [-0.15, -0.1) is 0 Å². The molecule has 0 spiro atoms. The van der Waals surface area contributed by atoms with Gasteiger partial charge in [-0.05, 0) is 22.9 Å². The summed E-state index contributed by atoms with van der Waals surface area (Å²) in [5, 5.41) is 1.90. The molecule has 0 saturated carbocycles. The number of benzene rings is 2. The highest BCUT2D eigenvalue weighted by Gasteiger charge is 2.28. The van der Waals surface area contributed by atoms with E-state index >= 15 is 0 Å². The molecule has 0 radical (unpaired) electrons. The average molecular weight is 294 g/mol. The lowest BCUT2D eigenvalue weighted by molar-refractivity contribution is 0.103. The molecule has 0 aromatic heterocycles. The SMILES string of the molecule is CCCc1cccc2c1C(=O)c1ccccc1C2=S=C=O. The minimum atomic E-state index is 0.0555. The molecule has 0 bridgehead atoms. The quantitative estimate of drug-likeness (QED) is 0.677. The van der Waals surface area contributed by atoms with Crippen LogP contribution in [0.4, 0.5) is 0 Å². The van der Waals surface area contributed by atoms with Crippen molar-refractivity contribution in [2.45, 2.75) is 19.8 Å². The van der Waals surface area contributed by atoms with Crippen LogP contribution in [0.1, 0.15) is 46.0 Å². The van der Waals surface area contributed by atoms with Crippen molar-refractivity contribution in [1.29, 1.82) is 0 Å². The minimum Gasteiger partial charge on any atom is -0.289 e. The van der Waals surface area contributed by atoms with Crippen LogP contribution in [0.15, 0.2) is 42.5 Å². The Kier molecular flexibility index (Phi) is 3.70. The maximum atomic E-state index is 12.8. The Hall–Kier alpha value is -2.22. The molecule has 104 valence electrons. The first-order chi connectivity index (χ1) is 10.3. The Bertz CT molecular complexity index is 823. The molecule has 0 amide bonds. The Balaban J connectivity index is 2.38. The van der Waals surface area contributed by atoms with Crippen LogP contribution in [0.25, 0.3) is 0 Å². The predicted molar refractivity (Wildman–Crippen MR) is 86.8 cm³/mol. The Labute approximate surface area is 127 Å². The summed E-state index contributed by atoms with van der Waals surface area (Å²) in [6, 6.07) is 13.3. The molecular weight excluding hydrogens is 280 g/mol. The molecule has 0 atom stereocenters. The summed E-state index contributed by atoms with van der Waals surface area (Å²) >= 11 is 0. The van der Waals surface area contributed by atoms with Crippen LogP contribution in [0.2, 0.25) is 0 Å². The maximum Gasteiger partial charge on any atom is 0.194 e. The van der Waals surface area contributed by atoms with Crippen molar-refractivity contribution < 1.29 is 9.59 Å². The van der Waals surface area contributed by atoms with Crippen molar-refractivity contribution in [2.75, 3.05) is 0 Å². The molecule has 0 fully saturated rings. The third-order valence-electron chi connectivity index (χ3n) is 3.70. The standard InChI is InChI=1S/C18H14O2S/c1-2-6-12-7-5-10-15-16(12)17(20)13-8-3-4-9-14(13)18(15)21-11-19/h3-5,7-10H,2,6H2,1H3. The number of aryl methyl sites for hydroxylation is 1. The van der Waals surface area contributed by atoms with Gasteiger partial charge in [0, 0.05) is 22.3 Å². The van der Waals surface area contributed by atoms with E-state index in [9.17, 15) is 9.59 Å². The number of fused-ring (bicyclic) bond motifs is 2. The fourth-order valence-electron chi connectivity index (χ4n) is 2.85. The Morgan fingerprint density at radius 3 is 2.43 bits per heavy atom. The van der Waals surface area contributed by atoms with Gasteiger partial charge in [0.15, 0.2) is 11.0 Å².